The summed E-state index contributed by atoms with van der Waals surface area (Å²) in [7, 11) is -5.54. The third-order valence-electron chi connectivity index (χ3n) is 5.86. The fraction of sp³-hybridized carbons (Fsp3) is 0.167. The largest absolute Gasteiger partial charge is 0.489 e. The Morgan fingerprint density at radius 3 is 2.29 bits per heavy atom. The fourth-order valence-electron chi connectivity index (χ4n) is 4.11. The van der Waals surface area contributed by atoms with E-state index in [9.17, 15) is 18.5 Å². The second-order valence-electron chi connectivity index (χ2n) is 8.45. The minimum atomic E-state index is -3.77. The number of fused-ring (bicyclic) bond motifs is 1. The number of anilines is 2. The van der Waals surface area contributed by atoms with Crippen LogP contribution < -0.4 is 9.77 Å². The maximum absolute atomic E-state index is 13.0. The van der Waals surface area contributed by atoms with E-state index in [4.69, 9.17) is 27.6 Å². The topological polar surface area (TPSA) is 91.0 Å². The zero-order valence-corrected chi connectivity index (χ0v) is 20.4. The lowest BCUT2D eigenvalue weighted by molar-refractivity contribution is 0.426. The van der Waals surface area contributed by atoms with Gasteiger partial charge in [0.25, 0.3) is 0 Å². The van der Waals surface area contributed by atoms with Gasteiger partial charge < -0.3 is 14.5 Å². The Morgan fingerprint density at radius 2 is 1.71 bits per heavy atom. The average molecular weight is 516 g/mol. The molecule has 0 radical (unpaired) electrons. The summed E-state index contributed by atoms with van der Waals surface area (Å²) in [5.41, 5.74) is 3.19. The summed E-state index contributed by atoms with van der Waals surface area (Å²) in [5, 5.41) is 20.5. The van der Waals surface area contributed by atoms with Crippen LogP contribution in [0.4, 0.5) is 11.4 Å². The van der Waals surface area contributed by atoms with E-state index in [1.54, 1.807) is 18.2 Å². The highest BCUT2D eigenvalue weighted by molar-refractivity contribution is 7.92. The number of hydrogen-bond acceptors (Lipinski definition) is 5. The summed E-state index contributed by atoms with van der Waals surface area (Å²) in [6.07, 6.45) is 3.06. The second kappa shape index (κ2) is 8.63. The number of sulfonamides is 1. The molecule has 1 saturated carbocycles. The highest BCUT2D eigenvalue weighted by Crippen LogP contribution is 2.48. The van der Waals surface area contributed by atoms with Crippen LogP contribution in [-0.2, 0) is 10.0 Å². The lowest BCUT2D eigenvalue weighted by Gasteiger charge is -2.25. The van der Waals surface area contributed by atoms with Crippen molar-refractivity contribution in [3.8, 4) is 11.3 Å². The maximum Gasteiger partial charge on any atom is 0.489 e. The highest BCUT2D eigenvalue weighted by Gasteiger charge is 2.32. The van der Waals surface area contributed by atoms with Gasteiger partial charge in [-0.2, -0.15) is 0 Å². The molecule has 0 saturated heterocycles. The Bertz CT molecular complexity index is 1500. The number of hydrogen-bond donors (Lipinski definition) is 2. The molecule has 10 heteroatoms. The molecular weight excluding hydrogens is 496 g/mol. The van der Waals surface area contributed by atoms with Crippen LogP contribution in [0.2, 0.25) is 10.0 Å². The average Bonchev–Trinajstić information content (AvgIpc) is 3.52. The quantitative estimate of drug-likeness (QED) is 0.350. The Kier molecular flexibility index (Phi) is 5.90. The molecule has 1 fully saturated rings. The Balaban J connectivity index is 1.68. The molecular formula is C24H20BCl2NO5S. The standard InChI is InChI=1S/C24H20BCl2NO5S/c1-34(31,32)28(18-8-9-20(25(29)30)21(27)12-18)22-13-24-16(10-19(22)14-2-3-14)11-23(33-24)15-4-6-17(26)7-5-15/h4-14,29-30H,2-3H2,1H3. The lowest BCUT2D eigenvalue weighted by Crippen LogP contribution is -2.32. The molecule has 6 nitrogen and oxygen atoms in total. The Labute approximate surface area is 207 Å². The van der Waals surface area contributed by atoms with E-state index < -0.39 is 17.1 Å². The molecule has 5 rings (SSSR count). The molecule has 1 aromatic heterocycles. The molecule has 0 unspecified atom stereocenters. The smallest absolute Gasteiger partial charge is 0.456 e. The molecule has 174 valence electrons. The van der Waals surface area contributed by atoms with E-state index in [1.165, 1.54) is 22.5 Å². The van der Waals surface area contributed by atoms with Gasteiger partial charge in [0.15, 0.2) is 0 Å². The van der Waals surface area contributed by atoms with Crippen molar-refractivity contribution < 1.29 is 22.9 Å². The van der Waals surface area contributed by atoms with E-state index >= 15 is 0 Å². The normalized spacial score (nSPS) is 13.9. The van der Waals surface area contributed by atoms with E-state index in [0.29, 0.717) is 27.7 Å². The minimum absolute atomic E-state index is 0.0539. The van der Waals surface area contributed by atoms with Gasteiger partial charge in [-0.25, -0.2) is 12.7 Å². The van der Waals surface area contributed by atoms with Crippen molar-refractivity contribution in [3.05, 3.63) is 76.3 Å². The van der Waals surface area contributed by atoms with Gasteiger partial charge in [-0.15, -0.1) is 0 Å². The molecule has 34 heavy (non-hydrogen) atoms. The Hall–Kier alpha value is -2.49. The molecule has 0 atom stereocenters. The van der Waals surface area contributed by atoms with Crippen molar-refractivity contribution in [2.75, 3.05) is 10.6 Å². The van der Waals surface area contributed by atoms with Gasteiger partial charge in [0, 0.05) is 32.5 Å². The summed E-state index contributed by atoms with van der Waals surface area (Å²) < 4.78 is 33.3. The summed E-state index contributed by atoms with van der Waals surface area (Å²) >= 11 is 12.2. The van der Waals surface area contributed by atoms with Crippen molar-refractivity contribution in [2.45, 2.75) is 18.8 Å². The van der Waals surface area contributed by atoms with Gasteiger partial charge in [0.1, 0.15) is 11.3 Å². The molecule has 1 aliphatic carbocycles. The summed E-state index contributed by atoms with van der Waals surface area (Å²) in [6.45, 7) is 0. The monoisotopic (exact) mass is 515 g/mol. The molecule has 4 aromatic rings. The molecule has 0 aliphatic heterocycles. The summed E-state index contributed by atoms with van der Waals surface area (Å²) in [5.74, 6) is 0.896. The molecule has 3 aromatic carbocycles. The predicted molar refractivity (Wildman–Crippen MR) is 137 cm³/mol. The van der Waals surface area contributed by atoms with Gasteiger partial charge >= 0.3 is 7.12 Å². The van der Waals surface area contributed by atoms with Gasteiger partial charge in [-0.05, 0) is 72.9 Å². The molecule has 0 amide bonds. The first kappa shape index (κ1) is 23.3. The number of nitrogens with zero attached hydrogens (tertiary/aromatic N) is 1. The maximum atomic E-state index is 13.0. The summed E-state index contributed by atoms with van der Waals surface area (Å²) in [4.78, 5) is 0. The van der Waals surface area contributed by atoms with Gasteiger partial charge in [0.2, 0.25) is 10.0 Å². The predicted octanol–water partition coefficient (Wildman–Crippen LogP) is 5.06. The van der Waals surface area contributed by atoms with Gasteiger partial charge in [-0.3, -0.25) is 0 Å². The minimum Gasteiger partial charge on any atom is -0.456 e. The van der Waals surface area contributed by atoms with Crippen LogP contribution in [0.5, 0.6) is 0 Å². The Morgan fingerprint density at radius 1 is 1.00 bits per heavy atom. The molecule has 0 bridgehead atoms. The van der Waals surface area contributed by atoms with E-state index in [1.807, 2.05) is 24.3 Å². The van der Waals surface area contributed by atoms with Crippen LogP contribution in [0.1, 0.15) is 24.3 Å². The molecule has 1 aliphatic rings. The third kappa shape index (κ3) is 4.44. The molecule has 0 spiro atoms. The first-order chi connectivity index (χ1) is 16.1. The molecule has 1 heterocycles. The van der Waals surface area contributed by atoms with Crippen LogP contribution in [0, 0.1) is 0 Å². The number of halogens is 2. The second-order valence-corrected chi connectivity index (χ2v) is 11.1. The van der Waals surface area contributed by atoms with Crippen LogP contribution in [0.3, 0.4) is 0 Å². The zero-order valence-electron chi connectivity index (χ0n) is 18.1. The van der Waals surface area contributed by atoms with E-state index in [-0.39, 0.29) is 16.4 Å². The van der Waals surface area contributed by atoms with Crippen molar-refractivity contribution in [2.24, 2.45) is 0 Å². The van der Waals surface area contributed by atoms with Crippen molar-refractivity contribution in [1.29, 1.82) is 0 Å². The number of rotatable bonds is 6. The number of benzene rings is 3. The van der Waals surface area contributed by atoms with E-state index in [0.717, 1.165) is 35.6 Å². The molecule has 2 N–H and O–H groups in total. The van der Waals surface area contributed by atoms with Crippen molar-refractivity contribution in [1.82, 2.24) is 0 Å². The third-order valence-corrected chi connectivity index (χ3v) is 7.51. The fourth-order valence-corrected chi connectivity index (χ4v) is 5.52. The summed E-state index contributed by atoms with van der Waals surface area (Å²) in [6, 6.07) is 17.3. The van der Waals surface area contributed by atoms with Crippen LogP contribution in [-0.4, -0.2) is 31.8 Å². The van der Waals surface area contributed by atoms with Crippen molar-refractivity contribution >= 4 is 68.2 Å². The van der Waals surface area contributed by atoms with Crippen LogP contribution in [0.15, 0.2) is 65.1 Å². The van der Waals surface area contributed by atoms with Crippen LogP contribution in [0.25, 0.3) is 22.3 Å². The van der Waals surface area contributed by atoms with E-state index in [2.05, 4.69) is 0 Å². The zero-order chi connectivity index (χ0) is 24.2. The van der Waals surface area contributed by atoms with Crippen LogP contribution >= 0.6 is 23.2 Å². The SMILES string of the molecule is CS(=O)(=O)N(c1ccc(B(O)O)c(Cl)c1)c1cc2oc(-c3ccc(Cl)cc3)cc2cc1C1CC1. The highest BCUT2D eigenvalue weighted by atomic mass is 35.5. The van der Waals surface area contributed by atoms with Gasteiger partial charge in [-0.1, -0.05) is 29.3 Å². The first-order valence-corrected chi connectivity index (χ1v) is 13.2. The first-order valence-electron chi connectivity index (χ1n) is 10.6. The van der Waals surface area contributed by atoms with Gasteiger partial charge in [0.05, 0.1) is 17.6 Å². The van der Waals surface area contributed by atoms with Crippen molar-refractivity contribution in [3.63, 3.8) is 0 Å². The number of furan rings is 1. The lowest BCUT2D eigenvalue weighted by atomic mass is 9.80.